The lowest BCUT2D eigenvalue weighted by Gasteiger charge is -2.18. The summed E-state index contributed by atoms with van der Waals surface area (Å²) in [5.41, 5.74) is 1.55. The average Bonchev–Trinajstić information content (AvgIpc) is 2.47. The van der Waals surface area contributed by atoms with Gasteiger partial charge in [0, 0.05) is 14.2 Å². The van der Waals surface area contributed by atoms with Gasteiger partial charge in [-0.3, -0.25) is 4.79 Å². The monoisotopic (exact) mass is 433 g/mol. The zero-order valence-corrected chi connectivity index (χ0v) is 15.0. The Balaban J connectivity index is 2.18. The fourth-order valence-corrected chi connectivity index (χ4v) is 2.74. The molecule has 0 radical (unpaired) electrons. The highest BCUT2D eigenvalue weighted by atomic mass is 127. The second-order valence-corrected chi connectivity index (χ2v) is 6.62. The van der Waals surface area contributed by atoms with Crippen molar-refractivity contribution in [2.24, 2.45) is 0 Å². The zero-order valence-electron chi connectivity index (χ0n) is 11.4. The molecule has 2 aromatic carbocycles. The Morgan fingerprint density at radius 2 is 2.00 bits per heavy atom. The van der Waals surface area contributed by atoms with E-state index < -0.39 is 0 Å². The van der Waals surface area contributed by atoms with Gasteiger partial charge < -0.3 is 5.32 Å². The van der Waals surface area contributed by atoms with Gasteiger partial charge in [-0.15, -0.1) is 0 Å². The lowest BCUT2D eigenvalue weighted by Crippen LogP contribution is -2.28. The fraction of sp³-hybridized carbons (Fsp3) is 0.188. The number of halogens is 3. The van der Waals surface area contributed by atoms with Crippen molar-refractivity contribution >= 4 is 51.7 Å². The van der Waals surface area contributed by atoms with Crippen molar-refractivity contribution in [2.75, 3.05) is 0 Å². The van der Waals surface area contributed by atoms with Gasteiger partial charge in [0.15, 0.2) is 0 Å². The van der Waals surface area contributed by atoms with Gasteiger partial charge in [0.05, 0.1) is 11.1 Å². The molecule has 2 rings (SSSR count). The molecule has 0 fully saturated rings. The molecule has 0 aliphatic rings. The van der Waals surface area contributed by atoms with E-state index in [1.54, 1.807) is 12.1 Å². The van der Waals surface area contributed by atoms with Crippen LogP contribution in [0.5, 0.6) is 0 Å². The first-order chi connectivity index (χ1) is 10.0. The predicted molar refractivity (Wildman–Crippen MR) is 96.1 cm³/mol. The van der Waals surface area contributed by atoms with E-state index in [1.165, 1.54) is 0 Å². The van der Waals surface area contributed by atoms with E-state index in [0.717, 1.165) is 15.6 Å². The lowest BCUT2D eigenvalue weighted by molar-refractivity contribution is 0.0935. The Bertz CT molecular complexity index is 660. The third kappa shape index (κ3) is 4.34. The van der Waals surface area contributed by atoms with Crippen molar-refractivity contribution in [1.82, 2.24) is 5.32 Å². The van der Waals surface area contributed by atoms with Crippen LogP contribution in [0.4, 0.5) is 0 Å². The predicted octanol–water partition coefficient (Wildman–Crippen LogP) is 5.48. The Hall–Kier alpha value is -0.780. The van der Waals surface area contributed by atoms with Crippen LogP contribution in [-0.4, -0.2) is 5.91 Å². The van der Waals surface area contributed by atoms with Gasteiger partial charge in [-0.2, -0.15) is 0 Å². The van der Waals surface area contributed by atoms with Crippen LogP contribution in [0.15, 0.2) is 42.5 Å². The maximum Gasteiger partial charge on any atom is 0.251 e. The lowest BCUT2D eigenvalue weighted by atomic mass is 10.0. The number of nitrogens with one attached hydrogen (secondary N) is 1. The van der Waals surface area contributed by atoms with Crippen LogP contribution in [0.2, 0.25) is 10.0 Å². The van der Waals surface area contributed by atoms with E-state index in [9.17, 15) is 4.79 Å². The van der Waals surface area contributed by atoms with Crippen molar-refractivity contribution in [3.8, 4) is 0 Å². The highest BCUT2D eigenvalue weighted by Gasteiger charge is 2.15. The summed E-state index contributed by atoms with van der Waals surface area (Å²) in [6.07, 6.45) is 0.782. The van der Waals surface area contributed by atoms with Gasteiger partial charge in [-0.1, -0.05) is 42.3 Å². The maximum absolute atomic E-state index is 12.3. The van der Waals surface area contributed by atoms with Crippen LogP contribution in [0.1, 0.15) is 35.3 Å². The van der Waals surface area contributed by atoms with E-state index in [4.69, 9.17) is 23.2 Å². The Labute approximate surface area is 148 Å². The largest absolute Gasteiger partial charge is 0.345 e. The zero-order chi connectivity index (χ0) is 15.4. The number of hydrogen-bond acceptors (Lipinski definition) is 1. The summed E-state index contributed by atoms with van der Waals surface area (Å²) in [5, 5.41) is 4.26. The molecule has 1 N–H and O–H groups in total. The van der Waals surface area contributed by atoms with Gasteiger partial charge in [0.1, 0.15) is 0 Å². The summed E-state index contributed by atoms with van der Waals surface area (Å²) < 4.78 is 0.924. The molecule has 2 nitrogen and oxygen atoms in total. The minimum Gasteiger partial charge on any atom is -0.345 e. The van der Waals surface area contributed by atoms with Crippen molar-refractivity contribution in [3.63, 3.8) is 0 Å². The molecule has 21 heavy (non-hydrogen) atoms. The molecule has 0 bridgehead atoms. The second kappa shape index (κ2) is 7.47. The van der Waals surface area contributed by atoms with Crippen molar-refractivity contribution in [2.45, 2.75) is 19.4 Å². The Morgan fingerprint density at radius 1 is 1.24 bits per heavy atom. The molecular formula is C16H14Cl2INO. The van der Waals surface area contributed by atoms with Gasteiger partial charge in [-0.25, -0.2) is 0 Å². The third-order valence-electron chi connectivity index (χ3n) is 3.15. The van der Waals surface area contributed by atoms with E-state index in [2.05, 4.69) is 27.9 Å². The quantitative estimate of drug-likeness (QED) is 0.635. The maximum atomic E-state index is 12.3. The Morgan fingerprint density at radius 3 is 2.62 bits per heavy atom. The SMILES string of the molecule is CCC(NC(=O)c1ccc(I)c(Cl)c1)c1cccc(Cl)c1. The van der Waals surface area contributed by atoms with Crippen LogP contribution < -0.4 is 5.32 Å². The normalized spacial score (nSPS) is 12.0. The Kier molecular flexibility index (Phi) is 5.90. The molecule has 0 aliphatic heterocycles. The van der Waals surface area contributed by atoms with E-state index in [1.807, 2.05) is 37.3 Å². The molecule has 5 heteroatoms. The molecule has 0 aromatic heterocycles. The molecule has 0 heterocycles. The first kappa shape index (κ1) is 16.6. The summed E-state index contributed by atoms with van der Waals surface area (Å²) in [6, 6.07) is 12.7. The molecule has 0 aliphatic carbocycles. The van der Waals surface area contributed by atoms with E-state index in [0.29, 0.717) is 15.6 Å². The van der Waals surface area contributed by atoms with Crippen LogP contribution >= 0.6 is 45.8 Å². The topological polar surface area (TPSA) is 29.1 Å². The first-order valence-corrected chi connectivity index (χ1v) is 8.36. The summed E-state index contributed by atoms with van der Waals surface area (Å²) >= 11 is 14.2. The standard InChI is InChI=1S/C16H14Cl2INO/c1-2-15(10-4-3-5-12(17)8-10)20-16(21)11-6-7-14(19)13(18)9-11/h3-9,15H,2H2,1H3,(H,20,21). The van der Waals surface area contributed by atoms with Gasteiger partial charge >= 0.3 is 0 Å². The minimum absolute atomic E-state index is 0.0748. The van der Waals surface area contributed by atoms with Crippen molar-refractivity contribution < 1.29 is 4.79 Å². The molecule has 0 spiro atoms. The third-order valence-corrected chi connectivity index (χ3v) is 4.95. The summed E-state index contributed by atoms with van der Waals surface area (Å²) in [6.45, 7) is 2.02. The van der Waals surface area contributed by atoms with Crippen LogP contribution in [0, 0.1) is 3.57 Å². The summed E-state index contributed by atoms with van der Waals surface area (Å²) in [5.74, 6) is -0.139. The number of carbonyl (C=O) groups is 1. The number of rotatable bonds is 4. The smallest absolute Gasteiger partial charge is 0.251 e. The fourth-order valence-electron chi connectivity index (χ4n) is 2.02. The molecule has 2 aromatic rings. The van der Waals surface area contributed by atoms with E-state index >= 15 is 0 Å². The first-order valence-electron chi connectivity index (χ1n) is 6.52. The number of benzene rings is 2. The molecule has 110 valence electrons. The number of hydrogen-bond donors (Lipinski definition) is 1. The highest BCUT2D eigenvalue weighted by molar-refractivity contribution is 14.1. The highest BCUT2D eigenvalue weighted by Crippen LogP contribution is 2.23. The van der Waals surface area contributed by atoms with Gasteiger partial charge in [-0.05, 0) is 64.9 Å². The molecule has 0 saturated carbocycles. The van der Waals surface area contributed by atoms with Crippen LogP contribution in [0.25, 0.3) is 0 Å². The van der Waals surface area contributed by atoms with Gasteiger partial charge in [0.2, 0.25) is 0 Å². The molecule has 1 atom stereocenters. The molecule has 1 amide bonds. The second-order valence-electron chi connectivity index (χ2n) is 4.62. The van der Waals surface area contributed by atoms with Gasteiger partial charge in [0.25, 0.3) is 5.91 Å². The summed E-state index contributed by atoms with van der Waals surface area (Å²) in [4.78, 5) is 12.3. The van der Waals surface area contributed by atoms with Crippen LogP contribution in [-0.2, 0) is 0 Å². The number of amides is 1. The minimum atomic E-state index is -0.139. The van der Waals surface area contributed by atoms with E-state index in [-0.39, 0.29) is 11.9 Å². The summed E-state index contributed by atoms with van der Waals surface area (Å²) in [7, 11) is 0. The molecule has 1 unspecified atom stereocenters. The molecule has 0 saturated heterocycles. The van der Waals surface area contributed by atoms with Crippen LogP contribution in [0.3, 0.4) is 0 Å². The van der Waals surface area contributed by atoms with Crippen molar-refractivity contribution in [1.29, 1.82) is 0 Å². The molecular weight excluding hydrogens is 420 g/mol. The number of carbonyl (C=O) groups excluding carboxylic acids is 1. The van der Waals surface area contributed by atoms with Crippen molar-refractivity contribution in [3.05, 3.63) is 67.2 Å². The average molecular weight is 434 g/mol.